The lowest BCUT2D eigenvalue weighted by Crippen LogP contribution is -2.24. The molecule has 0 fully saturated rings. The maximum atomic E-state index is 5.56. The van der Waals surface area contributed by atoms with Crippen molar-refractivity contribution < 1.29 is 9.47 Å². The first-order valence-electron chi connectivity index (χ1n) is 6.61. The van der Waals surface area contributed by atoms with Gasteiger partial charge in [-0.2, -0.15) is 0 Å². The SMILES string of the molecule is CCCNC(C)/C=C/c1ccc2c(c1)OCCO2. The molecule has 1 aromatic rings. The van der Waals surface area contributed by atoms with Crippen molar-refractivity contribution in [1.82, 2.24) is 5.32 Å². The van der Waals surface area contributed by atoms with Crippen LogP contribution >= 0.6 is 0 Å². The second-order valence-electron chi connectivity index (χ2n) is 4.51. The fraction of sp³-hybridized carbons (Fsp3) is 0.467. The van der Waals surface area contributed by atoms with Gasteiger partial charge in [-0.25, -0.2) is 0 Å². The lowest BCUT2D eigenvalue weighted by Gasteiger charge is -2.18. The molecule has 1 aliphatic heterocycles. The summed E-state index contributed by atoms with van der Waals surface area (Å²) in [6, 6.07) is 6.44. The molecule has 0 radical (unpaired) electrons. The van der Waals surface area contributed by atoms with Crippen LogP contribution in [-0.4, -0.2) is 25.8 Å². The molecule has 0 amide bonds. The van der Waals surface area contributed by atoms with Gasteiger partial charge in [-0.1, -0.05) is 25.1 Å². The van der Waals surface area contributed by atoms with Crippen molar-refractivity contribution in [3.05, 3.63) is 29.8 Å². The minimum atomic E-state index is 0.387. The van der Waals surface area contributed by atoms with Crippen LogP contribution < -0.4 is 14.8 Å². The van der Waals surface area contributed by atoms with Gasteiger partial charge in [0, 0.05) is 6.04 Å². The van der Waals surface area contributed by atoms with Crippen molar-refractivity contribution in [3.8, 4) is 11.5 Å². The highest BCUT2D eigenvalue weighted by Gasteiger charge is 2.10. The first-order valence-corrected chi connectivity index (χ1v) is 6.61. The zero-order valence-corrected chi connectivity index (χ0v) is 11.1. The molecule has 1 atom stereocenters. The lowest BCUT2D eigenvalue weighted by molar-refractivity contribution is 0.171. The maximum absolute atomic E-state index is 5.56. The van der Waals surface area contributed by atoms with Gasteiger partial charge in [0.2, 0.25) is 0 Å². The molecule has 1 aromatic carbocycles. The van der Waals surface area contributed by atoms with Crippen LogP contribution in [0.15, 0.2) is 24.3 Å². The first-order chi connectivity index (χ1) is 8.79. The number of benzene rings is 1. The Morgan fingerprint density at radius 1 is 1.28 bits per heavy atom. The van der Waals surface area contributed by atoms with Crippen LogP contribution in [0.3, 0.4) is 0 Å². The highest BCUT2D eigenvalue weighted by molar-refractivity contribution is 5.56. The molecule has 2 rings (SSSR count). The van der Waals surface area contributed by atoms with Crippen molar-refractivity contribution in [2.75, 3.05) is 19.8 Å². The van der Waals surface area contributed by atoms with Crippen LogP contribution in [0.5, 0.6) is 11.5 Å². The summed E-state index contributed by atoms with van der Waals surface area (Å²) in [5.41, 5.74) is 1.14. The highest BCUT2D eigenvalue weighted by atomic mass is 16.6. The molecule has 1 heterocycles. The van der Waals surface area contributed by atoms with Gasteiger partial charge in [0.05, 0.1) is 0 Å². The molecule has 0 saturated carbocycles. The van der Waals surface area contributed by atoms with E-state index in [2.05, 4.69) is 37.4 Å². The Morgan fingerprint density at radius 3 is 2.83 bits per heavy atom. The van der Waals surface area contributed by atoms with E-state index < -0.39 is 0 Å². The summed E-state index contributed by atoms with van der Waals surface area (Å²) in [4.78, 5) is 0. The van der Waals surface area contributed by atoms with E-state index in [1.54, 1.807) is 0 Å². The molecule has 0 spiro atoms. The van der Waals surface area contributed by atoms with Gasteiger partial charge >= 0.3 is 0 Å². The zero-order chi connectivity index (χ0) is 12.8. The summed E-state index contributed by atoms with van der Waals surface area (Å²) in [6.07, 6.45) is 5.44. The number of fused-ring (bicyclic) bond motifs is 1. The Bertz CT molecular complexity index is 415. The summed E-state index contributed by atoms with van der Waals surface area (Å²) in [5.74, 6) is 1.69. The van der Waals surface area contributed by atoms with Crippen LogP contribution in [0.4, 0.5) is 0 Å². The Balaban J connectivity index is 1.99. The third-order valence-electron chi connectivity index (χ3n) is 2.86. The number of rotatable bonds is 5. The second kappa shape index (κ2) is 6.45. The van der Waals surface area contributed by atoms with E-state index in [1.807, 2.05) is 12.1 Å². The quantitative estimate of drug-likeness (QED) is 0.868. The van der Waals surface area contributed by atoms with Gasteiger partial charge in [0.15, 0.2) is 11.5 Å². The molecule has 0 saturated heterocycles. The minimum Gasteiger partial charge on any atom is -0.486 e. The average Bonchev–Trinajstić information content (AvgIpc) is 2.42. The van der Waals surface area contributed by atoms with Crippen molar-refractivity contribution >= 4 is 6.08 Å². The van der Waals surface area contributed by atoms with E-state index in [-0.39, 0.29) is 0 Å². The lowest BCUT2D eigenvalue weighted by atomic mass is 10.1. The van der Waals surface area contributed by atoms with Crippen LogP contribution in [-0.2, 0) is 0 Å². The van der Waals surface area contributed by atoms with E-state index in [0.29, 0.717) is 19.3 Å². The molecule has 3 nitrogen and oxygen atoms in total. The Hall–Kier alpha value is -1.48. The van der Waals surface area contributed by atoms with E-state index in [4.69, 9.17) is 9.47 Å². The van der Waals surface area contributed by atoms with E-state index in [0.717, 1.165) is 30.0 Å². The van der Waals surface area contributed by atoms with Crippen LogP contribution in [0.2, 0.25) is 0 Å². The molecule has 0 aromatic heterocycles. The molecule has 1 aliphatic rings. The van der Waals surface area contributed by atoms with Crippen LogP contribution in [0, 0.1) is 0 Å². The molecule has 1 unspecified atom stereocenters. The largest absolute Gasteiger partial charge is 0.486 e. The van der Waals surface area contributed by atoms with E-state index in [1.165, 1.54) is 0 Å². The number of hydrogen-bond acceptors (Lipinski definition) is 3. The first kappa shape index (κ1) is 13.0. The Morgan fingerprint density at radius 2 is 2.06 bits per heavy atom. The molecule has 0 aliphatic carbocycles. The normalized spacial score (nSPS) is 15.9. The van der Waals surface area contributed by atoms with Gasteiger partial charge in [-0.05, 0) is 37.6 Å². The third kappa shape index (κ3) is 3.50. The van der Waals surface area contributed by atoms with Crippen molar-refractivity contribution in [2.45, 2.75) is 26.3 Å². The average molecular weight is 247 g/mol. The number of hydrogen-bond donors (Lipinski definition) is 1. The van der Waals surface area contributed by atoms with Gasteiger partial charge in [-0.3, -0.25) is 0 Å². The van der Waals surface area contributed by atoms with Crippen molar-refractivity contribution in [3.63, 3.8) is 0 Å². The summed E-state index contributed by atoms with van der Waals surface area (Å²) >= 11 is 0. The van der Waals surface area contributed by atoms with E-state index in [9.17, 15) is 0 Å². The molecule has 0 bridgehead atoms. The summed E-state index contributed by atoms with van der Waals surface area (Å²) in [5, 5.41) is 3.42. The van der Waals surface area contributed by atoms with Gasteiger partial charge in [0.1, 0.15) is 13.2 Å². The Labute approximate surface area is 109 Å². The zero-order valence-electron chi connectivity index (χ0n) is 11.1. The van der Waals surface area contributed by atoms with Crippen LogP contribution in [0.1, 0.15) is 25.8 Å². The predicted octanol–water partition coefficient (Wildman–Crippen LogP) is 2.86. The third-order valence-corrected chi connectivity index (χ3v) is 2.86. The molecule has 18 heavy (non-hydrogen) atoms. The molecule has 98 valence electrons. The van der Waals surface area contributed by atoms with Crippen molar-refractivity contribution in [2.24, 2.45) is 0 Å². The summed E-state index contributed by atoms with van der Waals surface area (Å²) in [6.45, 7) is 6.65. The van der Waals surface area contributed by atoms with Gasteiger partial charge in [-0.15, -0.1) is 0 Å². The molecular formula is C15H21NO2. The second-order valence-corrected chi connectivity index (χ2v) is 4.51. The molecule has 3 heteroatoms. The minimum absolute atomic E-state index is 0.387. The Kier molecular flexibility index (Phi) is 4.65. The molecule has 1 N–H and O–H groups in total. The van der Waals surface area contributed by atoms with E-state index >= 15 is 0 Å². The van der Waals surface area contributed by atoms with Gasteiger partial charge in [0.25, 0.3) is 0 Å². The maximum Gasteiger partial charge on any atom is 0.161 e. The summed E-state index contributed by atoms with van der Waals surface area (Å²) in [7, 11) is 0. The monoisotopic (exact) mass is 247 g/mol. The topological polar surface area (TPSA) is 30.5 Å². The number of nitrogens with one attached hydrogen (secondary N) is 1. The number of ether oxygens (including phenoxy) is 2. The van der Waals surface area contributed by atoms with Crippen molar-refractivity contribution in [1.29, 1.82) is 0 Å². The fourth-order valence-electron chi connectivity index (χ4n) is 1.86. The van der Waals surface area contributed by atoms with Gasteiger partial charge < -0.3 is 14.8 Å². The summed E-state index contributed by atoms with van der Waals surface area (Å²) < 4.78 is 11.1. The highest BCUT2D eigenvalue weighted by Crippen LogP contribution is 2.31. The van der Waals surface area contributed by atoms with Crippen LogP contribution in [0.25, 0.3) is 6.08 Å². The standard InChI is InChI=1S/C15H21NO2/c1-3-8-16-12(2)4-5-13-6-7-14-15(11-13)18-10-9-17-14/h4-7,11-12,16H,3,8-10H2,1-2H3/b5-4+. The predicted molar refractivity (Wildman–Crippen MR) is 74.2 cm³/mol. The fourth-order valence-corrected chi connectivity index (χ4v) is 1.86. The molecular weight excluding hydrogens is 226 g/mol. The smallest absolute Gasteiger partial charge is 0.161 e.